The van der Waals surface area contributed by atoms with E-state index in [1.165, 1.54) is 12.1 Å². The smallest absolute Gasteiger partial charge is 0.251 e. The Labute approximate surface area is 177 Å². The average molecular weight is 430 g/mol. The van der Waals surface area contributed by atoms with Gasteiger partial charge in [0.15, 0.2) is 0 Å². The highest BCUT2D eigenvalue weighted by Gasteiger charge is 2.29. The van der Waals surface area contributed by atoms with Crippen molar-refractivity contribution >= 4 is 27.5 Å². The number of hydrogen-bond donors (Lipinski definition) is 3. The van der Waals surface area contributed by atoms with Gasteiger partial charge in [0.1, 0.15) is 0 Å². The number of amides is 2. The average Bonchev–Trinajstić information content (AvgIpc) is 3.53. The molecule has 160 valence electrons. The number of rotatable bonds is 8. The SMILES string of the molecule is CC(C)NS(=O)(=O)c1cccc(C(=O)NC(C)c2ccc(NC(=O)C3CC3)cc2)c1. The molecule has 1 aliphatic rings. The number of sulfonamides is 1. The number of nitrogens with one attached hydrogen (secondary N) is 3. The van der Waals surface area contributed by atoms with Gasteiger partial charge < -0.3 is 10.6 Å². The summed E-state index contributed by atoms with van der Waals surface area (Å²) in [5.41, 5.74) is 1.87. The van der Waals surface area contributed by atoms with Crippen LogP contribution in [0.3, 0.4) is 0 Å². The predicted octanol–water partition coefficient (Wildman–Crippen LogP) is 3.21. The van der Waals surface area contributed by atoms with E-state index < -0.39 is 10.0 Å². The minimum absolute atomic E-state index is 0.0471. The Balaban J connectivity index is 1.65. The summed E-state index contributed by atoms with van der Waals surface area (Å²) in [6, 6.07) is 12.7. The molecule has 8 heteroatoms. The van der Waals surface area contributed by atoms with Gasteiger partial charge in [-0.2, -0.15) is 0 Å². The normalized spacial score (nSPS) is 14.9. The second-order valence-corrected chi connectivity index (χ2v) is 9.60. The van der Waals surface area contributed by atoms with Crippen molar-refractivity contribution in [2.75, 3.05) is 5.32 Å². The van der Waals surface area contributed by atoms with Gasteiger partial charge in [-0.3, -0.25) is 9.59 Å². The van der Waals surface area contributed by atoms with Crippen LogP contribution in [0.1, 0.15) is 55.6 Å². The molecule has 2 amide bonds. The van der Waals surface area contributed by atoms with Crippen LogP contribution in [-0.2, 0) is 14.8 Å². The third-order valence-corrected chi connectivity index (χ3v) is 6.43. The maximum absolute atomic E-state index is 12.6. The lowest BCUT2D eigenvalue weighted by Gasteiger charge is -2.16. The Hall–Kier alpha value is -2.71. The van der Waals surface area contributed by atoms with Crippen molar-refractivity contribution in [2.24, 2.45) is 5.92 Å². The molecular weight excluding hydrogens is 402 g/mol. The van der Waals surface area contributed by atoms with E-state index in [1.54, 1.807) is 26.0 Å². The molecule has 0 spiro atoms. The molecule has 1 aliphatic carbocycles. The van der Waals surface area contributed by atoms with Gasteiger partial charge in [0.2, 0.25) is 15.9 Å². The molecule has 0 aliphatic heterocycles. The van der Waals surface area contributed by atoms with Crippen LogP contribution in [0.5, 0.6) is 0 Å². The van der Waals surface area contributed by atoms with Gasteiger partial charge in [-0.25, -0.2) is 13.1 Å². The fraction of sp³-hybridized carbons (Fsp3) is 0.364. The molecule has 1 fully saturated rings. The Morgan fingerprint density at radius 2 is 1.67 bits per heavy atom. The third-order valence-electron chi connectivity index (χ3n) is 4.77. The molecule has 1 unspecified atom stereocenters. The van der Waals surface area contributed by atoms with Crippen LogP contribution < -0.4 is 15.4 Å². The van der Waals surface area contributed by atoms with Gasteiger partial charge in [0.25, 0.3) is 5.91 Å². The largest absolute Gasteiger partial charge is 0.346 e. The third kappa shape index (κ3) is 5.67. The maximum Gasteiger partial charge on any atom is 0.251 e. The van der Waals surface area contributed by atoms with E-state index in [0.29, 0.717) is 0 Å². The summed E-state index contributed by atoms with van der Waals surface area (Å²) in [7, 11) is -3.68. The molecular formula is C22H27N3O4S. The van der Waals surface area contributed by atoms with Crippen molar-refractivity contribution in [1.82, 2.24) is 10.0 Å². The first kappa shape index (κ1) is 22.0. The Kier molecular flexibility index (Phi) is 6.58. The van der Waals surface area contributed by atoms with Crippen LogP contribution in [0.25, 0.3) is 0 Å². The molecule has 0 radical (unpaired) electrons. The zero-order chi connectivity index (χ0) is 21.9. The van der Waals surface area contributed by atoms with Crippen LogP contribution in [0.4, 0.5) is 5.69 Å². The number of anilines is 1. The van der Waals surface area contributed by atoms with Crippen molar-refractivity contribution in [3.05, 3.63) is 59.7 Å². The van der Waals surface area contributed by atoms with Gasteiger partial charge in [-0.05, 0) is 69.5 Å². The van der Waals surface area contributed by atoms with E-state index in [9.17, 15) is 18.0 Å². The van der Waals surface area contributed by atoms with Crippen LogP contribution in [0.2, 0.25) is 0 Å². The summed E-state index contributed by atoms with van der Waals surface area (Å²) in [5, 5.41) is 5.76. The van der Waals surface area contributed by atoms with E-state index in [4.69, 9.17) is 0 Å². The lowest BCUT2D eigenvalue weighted by Crippen LogP contribution is -2.31. The molecule has 1 saturated carbocycles. The van der Waals surface area contributed by atoms with Gasteiger partial charge in [0.05, 0.1) is 10.9 Å². The Morgan fingerprint density at radius 1 is 1.00 bits per heavy atom. The second kappa shape index (κ2) is 8.97. The molecule has 0 heterocycles. The van der Waals surface area contributed by atoms with E-state index in [0.717, 1.165) is 24.1 Å². The Bertz CT molecular complexity index is 1030. The first-order valence-corrected chi connectivity index (χ1v) is 11.5. The standard InChI is InChI=1S/C22H27N3O4S/c1-14(2)25-30(28,29)20-6-4-5-18(13-20)22(27)23-15(3)16-9-11-19(12-10-16)24-21(26)17-7-8-17/h4-6,9-15,17,25H,7-8H2,1-3H3,(H,23,27)(H,24,26). The lowest BCUT2D eigenvalue weighted by molar-refractivity contribution is -0.117. The van der Waals surface area contributed by atoms with Crippen LogP contribution in [0, 0.1) is 5.92 Å². The molecule has 1 atom stereocenters. The summed E-state index contributed by atoms with van der Waals surface area (Å²) in [6.45, 7) is 5.31. The monoisotopic (exact) mass is 429 g/mol. The molecule has 7 nitrogen and oxygen atoms in total. The highest BCUT2D eigenvalue weighted by molar-refractivity contribution is 7.89. The fourth-order valence-corrected chi connectivity index (χ4v) is 4.29. The van der Waals surface area contributed by atoms with Crippen molar-refractivity contribution in [3.8, 4) is 0 Å². The van der Waals surface area contributed by atoms with Crippen molar-refractivity contribution in [3.63, 3.8) is 0 Å². The van der Waals surface area contributed by atoms with Gasteiger partial charge in [-0.15, -0.1) is 0 Å². The first-order valence-electron chi connectivity index (χ1n) is 10.00. The van der Waals surface area contributed by atoms with E-state index >= 15 is 0 Å². The van der Waals surface area contributed by atoms with Crippen molar-refractivity contribution < 1.29 is 18.0 Å². The van der Waals surface area contributed by atoms with E-state index in [1.807, 2.05) is 31.2 Å². The van der Waals surface area contributed by atoms with Crippen LogP contribution >= 0.6 is 0 Å². The summed E-state index contributed by atoms with van der Waals surface area (Å²) in [6.07, 6.45) is 1.89. The first-order chi connectivity index (χ1) is 14.2. The predicted molar refractivity (Wildman–Crippen MR) is 116 cm³/mol. The molecule has 0 aromatic heterocycles. The summed E-state index contributed by atoms with van der Waals surface area (Å²) >= 11 is 0. The maximum atomic E-state index is 12.6. The zero-order valence-electron chi connectivity index (χ0n) is 17.3. The van der Waals surface area contributed by atoms with E-state index in [2.05, 4.69) is 15.4 Å². The molecule has 3 rings (SSSR count). The number of carbonyl (C=O) groups excluding carboxylic acids is 2. The van der Waals surface area contributed by atoms with Gasteiger partial charge >= 0.3 is 0 Å². The second-order valence-electron chi connectivity index (χ2n) is 7.88. The zero-order valence-corrected chi connectivity index (χ0v) is 18.1. The molecule has 2 aromatic rings. The molecule has 0 bridgehead atoms. The van der Waals surface area contributed by atoms with Crippen LogP contribution in [0.15, 0.2) is 53.4 Å². The number of carbonyl (C=O) groups is 2. The van der Waals surface area contributed by atoms with E-state index in [-0.39, 0.29) is 40.3 Å². The topological polar surface area (TPSA) is 104 Å². The minimum atomic E-state index is -3.68. The molecule has 0 saturated heterocycles. The number of hydrogen-bond acceptors (Lipinski definition) is 4. The molecule has 2 aromatic carbocycles. The summed E-state index contributed by atoms with van der Waals surface area (Å²) < 4.78 is 27.2. The highest BCUT2D eigenvalue weighted by atomic mass is 32.2. The van der Waals surface area contributed by atoms with Gasteiger partial charge in [0, 0.05) is 23.2 Å². The summed E-state index contributed by atoms with van der Waals surface area (Å²) in [4.78, 5) is 24.5. The number of benzene rings is 2. The van der Waals surface area contributed by atoms with Crippen molar-refractivity contribution in [2.45, 2.75) is 50.6 Å². The minimum Gasteiger partial charge on any atom is -0.346 e. The lowest BCUT2D eigenvalue weighted by atomic mass is 10.1. The highest BCUT2D eigenvalue weighted by Crippen LogP contribution is 2.30. The summed E-state index contributed by atoms with van der Waals surface area (Å²) in [5.74, 6) is -0.181. The quantitative estimate of drug-likeness (QED) is 0.599. The van der Waals surface area contributed by atoms with Crippen molar-refractivity contribution in [1.29, 1.82) is 0 Å². The Morgan fingerprint density at radius 3 is 2.27 bits per heavy atom. The molecule has 30 heavy (non-hydrogen) atoms. The fourth-order valence-electron chi connectivity index (χ4n) is 2.99. The van der Waals surface area contributed by atoms with Gasteiger partial charge in [-0.1, -0.05) is 18.2 Å². The van der Waals surface area contributed by atoms with Crippen LogP contribution in [-0.4, -0.2) is 26.3 Å². The molecule has 3 N–H and O–H groups in total.